The van der Waals surface area contributed by atoms with Gasteiger partial charge in [-0.15, -0.1) is 0 Å². The molecule has 0 radical (unpaired) electrons. The van der Waals surface area contributed by atoms with Crippen molar-refractivity contribution in [1.82, 2.24) is 0 Å². The summed E-state index contributed by atoms with van der Waals surface area (Å²) < 4.78 is 0. The number of carbonyl (C=O) groups is 1. The van der Waals surface area contributed by atoms with Gasteiger partial charge in [0.25, 0.3) is 0 Å². The lowest BCUT2D eigenvalue weighted by Crippen LogP contribution is -2.22. The SMILES string of the molecule is C=C1C(C)=NN(c2ccccc2)/C1=N/C(C)=O. The average molecular weight is 227 g/mol. The summed E-state index contributed by atoms with van der Waals surface area (Å²) in [6, 6.07) is 9.56. The third-order valence-electron chi connectivity index (χ3n) is 2.42. The zero-order valence-corrected chi connectivity index (χ0v) is 9.84. The Morgan fingerprint density at radius 3 is 2.59 bits per heavy atom. The highest BCUT2D eigenvalue weighted by molar-refractivity contribution is 6.32. The summed E-state index contributed by atoms with van der Waals surface area (Å²) in [6.45, 7) is 7.15. The predicted octanol–water partition coefficient (Wildman–Crippen LogP) is 2.38. The van der Waals surface area contributed by atoms with E-state index < -0.39 is 0 Å². The van der Waals surface area contributed by atoms with Crippen LogP contribution in [0.25, 0.3) is 0 Å². The second-order valence-corrected chi connectivity index (χ2v) is 3.77. The first-order valence-corrected chi connectivity index (χ1v) is 5.29. The number of aliphatic imine (C=N–C) groups is 1. The minimum atomic E-state index is -0.257. The maximum Gasteiger partial charge on any atom is 0.244 e. The van der Waals surface area contributed by atoms with Crippen LogP contribution in [0.3, 0.4) is 0 Å². The van der Waals surface area contributed by atoms with Crippen LogP contribution in [-0.4, -0.2) is 17.5 Å². The molecule has 4 nitrogen and oxygen atoms in total. The Hall–Kier alpha value is -2.23. The van der Waals surface area contributed by atoms with Gasteiger partial charge in [0.05, 0.1) is 11.4 Å². The Kier molecular flexibility index (Phi) is 2.87. The molecule has 17 heavy (non-hydrogen) atoms. The summed E-state index contributed by atoms with van der Waals surface area (Å²) >= 11 is 0. The molecule has 0 aromatic heterocycles. The first kappa shape index (κ1) is 11.3. The standard InChI is InChI=1S/C13H13N3O/c1-9-10(2)15-16(13(9)14-11(3)17)12-7-5-4-6-8-12/h4-8H,1H2,2-3H3/b14-13+. The van der Waals surface area contributed by atoms with E-state index in [1.807, 2.05) is 37.3 Å². The number of hydrazone groups is 1. The molecule has 1 aliphatic rings. The molecule has 0 fully saturated rings. The molecule has 0 bridgehead atoms. The van der Waals surface area contributed by atoms with Crippen LogP contribution in [0.2, 0.25) is 0 Å². The number of amidine groups is 1. The van der Waals surface area contributed by atoms with Crippen molar-refractivity contribution in [2.75, 3.05) is 5.01 Å². The zero-order valence-electron chi connectivity index (χ0n) is 9.84. The Balaban J connectivity index is 2.46. The monoisotopic (exact) mass is 227 g/mol. The van der Waals surface area contributed by atoms with E-state index in [-0.39, 0.29) is 5.91 Å². The zero-order chi connectivity index (χ0) is 12.4. The lowest BCUT2D eigenvalue weighted by Gasteiger charge is -2.14. The minimum Gasteiger partial charge on any atom is -0.273 e. The van der Waals surface area contributed by atoms with Crippen molar-refractivity contribution in [2.45, 2.75) is 13.8 Å². The highest BCUT2D eigenvalue weighted by Crippen LogP contribution is 2.23. The van der Waals surface area contributed by atoms with Gasteiger partial charge in [-0.25, -0.2) is 5.01 Å². The van der Waals surface area contributed by atoms with Crippen LogP contribution >= 0.6 is 0 Å². The smallest absolute Gasteiger partial charge is 0.244 e. The van der Waals surface area contributed by atoms with E-state index in [1.165, 1.54) is 6.92 Å². The normalized spacial score (nSPS) is 17.5. The van der Waals surface area contributed by atoms with Crippen molar-refractivity contribution in [3.05, 3.63) is 42.5 Å². The number of benzene rings is 1. The fraction of sp³-hybridized carbons (Fsp3) is 0.154. The molecular weight excluding hydrogens is 214 g/mol. The summed E-state index contributed by atoms with van der Waals surface area (Å²) in [5.74, 6) is 0.244. The summed E-state index contributed by atoms with van der Waals surface area (Å²) in [6.07, 6.45) is 0. The molecule has 0 saturated carbocycles. The van der Waals surface area contributed by atoms with Crippen LogP contribution in [0, 0.1) is 0 Å². The first-order chi connectivity index (χ1) is 8.09. The van der Waals surface area contributed by atoms with Crippen LogP contribution in [0.1, 0.15) is 13.8 Å². The number of nitrogens with zero attached hydrogens (tertiary/aromatic N) is 3. The highest BCUT2D eigenvalue weighted by Gasteiger charge is 2.25. The molecule has 2 rings (SSSR count). The molecule has 0 N–H and O–H groups in total. The topological polar surface area (TPSA) is 45.0 Å². The van der Waals surface area contributed by atoms with Gasteiger partial charge in [0.1, 0.15) is 0 Å². The molecule has 86 valence electrons. The first-order valence-electron chi connectivity index (χ1n) is 5.29. The molecule has 0 saturated heterocycles. The summed E-state index contributed by atoms with van der Waals surface area (Å²) in [5, 5.41) is 5.98. The number of hydrogen-bond donors (Lipinski definition) is 0. The van der Waals surface area contributed by atoms with Crippen LogP contribution in [0.4, 0.5) is 5.69 Å². The molecular formula is C13H13N3O. The summed E-state index contributed by atoms with van der Waals surface area (Å²) in [5.41, 5.74) is 2.32. The maximum absolute atomic E-state index is 11.1. The van der Waals surface area contributed by atoms with Crippen LogP contribution in [0.15, 0.2) is 52.6 Å². The van der Waals surface area contributed by atoms with Gasteiger partial charge < -0.3 is 0 Å². The number of amides is 1. The number of rotatable bonds is 1. The Labute approximate surface area is 100.0 Å². The van der Waals surface area contributed by atoms with Gasteiger partial charge >= 0.3 is 0 Å². The van der Waals surface area contributed by atoms with Gasteiger partial charge in [0.2, 0.25) is 5.91 Å². The van der Waals surface area contributed by atoms with Gasteiger partial charge in [0.15, 0.2) is 5.84 Å². The lowest BCUT2D eigenvalue weighted by atomic mass is 10.2. The lowest BCUT2D eigenvalue weighted by molar-refractivity contribution is -0.115. The van der Waals surface area contributed by atoms with Crippen LogP contribution < -0.4 is 5.01 Å². The van der Waals surface area contributed by atoms with E-state index in [2.05, 4.69) is 16.7 Å². The molecule has 4 heteroatoms. The summed E-state index contributed by atoms with van der Waals surface area (Å²) in [4.78, 5) is 15.1. The average Bonchev–Trinajstić information content (AvgIpc) is 2.58. The molecule has 0 atom stereocenters. The molecule has 1 heterocycles. The Bertz CT molecular complexity index is 529. The van der Waals surface area contributed by atoms with Gasteiger partial charge in [-0.05, 0) is 19.1 Å². The molecule has 1 aromatic carbocycles. The second-order valence-electron chi connectivity index (χ2n) is 3.77. The van der Waals surface area contributed by atoms with Crippen molar-refractivity contribution < 1.29 is 4.79 Å². The van der Waals surface area contributed by atoms with Gasteiger partial charge in [-0.1, -0.05) is 24.8 Å². The van der Waals surface area contributed by atoms with Crippen molar-refractivity contribution >= 4 is 23.1 Å². The molecule has 0 unspecified atom stereocenters. The third kappa shape index (κ3) is 2.15. The fourth-order valence-corrected chi connectivity index (χ4v) is 1.56. The van der Waals surface area contributed by atoms with E-state index in [1.54, 1.807) is 5.01 Å². The second kappa shape index (κ2) is 4.33. The number of hydrogen-bond acceptors (Lipinski definition) is 2. The minimum absolute atomic E-state index is 0.257. The van der Waals surface area contributed by atoms with E-state index in [4.69, 9.17) is 0 Å². The number of carbonyl (C=O) groups excluding carboxylic acids is 1. The molecule has 1 aliphatic heterocycles. The summed E-state index contributed by atoms with van der Waals surface area (Å²) in [7, 11) is 0. The fourth-order valence-electron chi connectivity index (χ4n) is 1.56. The van der Waals surface area contributed by atoms with E-state index in [0.29, 0.717) is 11.4 Å². The predicted molar refractivity (Wildman–Crippen MR) is 69.3 cm³/mol. The van der Waals surface area contributed by atoms with Gasteiger partial charge in [0, 0.05) is 12.5 Å². The van der Waals surface area contributed by atoms with Crippen LogP contribution in [-0.2, 0) is 4.79 Å². The van der Waals surface area contributed by atoms with Gasteiger partial charge in [-0.3, -0.25) is 4.79 Å². The van der Waals surface area contributed by atoms with E-state index in [0.717, 1.165) is 11.4 Å². The van der Waals surface area contributed by atoms with Crippen molar-refractivity contribution in [3.63, 3.8) is 0 Å². The Morgan fingerprint density at radius 2 is 2.00 bits per heavy atom. The number of anilines is 1. The highest BCUT2D eigenvalue weighted by atomic mass is 16.1. The molecule has 1 amide bonds. The third-order valence-corrected chi connectivity index (χ3v) is 2.42. The van der Waals surface area contributed by atoms with E-state index in [9.17, 15) is 4.79 Å². The van der Waals surface area contributed by atoms with Crippen molar-refractivity contribution in [3.8, 4) is 0 Å². The van der Waals surface area contributed by atoms with Crippen LogP contribution in [0.5, 0.6) is 0 Å². The Morgan fingerprint density at radius 1 is 1.35 bits per heavy atom. The quantitative estimate of drug-likeness (QED) is 0.739. The van der Waals surface area contributed by atoms with Crippen molar-refractivity contribution in [2.24, 2.45) is 10.1 Å². The molecule has 0 spiro atoms. The largest absolute Gasteiger partial charge is 0.273 e. The molecule has 0 aliphatic carbocycles. The van der Waals surface area contributed by atoms with Gasteiger partial charge in [-0.2, -0.15) is 10.1 Å². The number of para-hydroxylation sites is 1. The maximum atomic E-state index is 11.1. The van der Waals surface area contributed by atoms with E-state index >= 15 is 0 Å². The van der Waals surface area contributed by atoms with Crippen molar-refractivity contribution in [1.29, 1.82) is 0 Å². The molecule has 1 aromatic rings.